The minimum Gasteiger partial charge on any atom is -0.465 e. The number of methoxy groups -OCH3 is 2. The summed E-state index contributed by atoms with van der Waals surface area (Å²) in [5.74, 6) is -0.965. The first-order chi connectivity index (χ1) is 9.26. The lowest BCUT2D eigenvalue weighted by Gasteiger charge is -2.18. The van der Waals surface area contributed by atoms with Gasteiger partial charge in [-0.2, -0.15) is 0 Å². The van der Waals surface area contributed by atoms with Gasteiger partial charge in [-0.3, -0.25) is 0 Å². The number of esters is 2. The van der Waals surface area contributed by atoms with E-state index in [1.165, 1.54) is 20.3 Å². The number of hydrogen-bond acceptors (Lipinski definition) is 5. The number of nitrogens with two attached hydrogens (primary N) is 1. The summed E-state index contributed by atoms with van der Waals surface area (Å²) in [4.78, 5) is 23.3. The summed E-state index contributed by atoms with van der Waals surface area (Å²) in [5, 5.41) is 0. The van der Waals surface area contributed by atoms with Crippen LogP contribution in [0.4, 0.5) is 0 Å². The highest BCUT2D eigenvalue weighted by atomic mass is 16.5. The molecule has 0 atom stereocenters. The van der Waals surface area contributed by atoms with Gasteiger partial charge in [-0.25, -0.2) is 9.59 Å². The summed E-state index contributed by atoms with van der Waals surface area (Å²) >= 11 is 0. The fourth-order valence-corrected chi connectivity index (χ4v) is 1.77. The summed E-state index contributed by atoms with van der Waals surface area (Å²) in [6.45, 7) is 3.86. The van der Waals surface area contributed by atoms with Gasteiger partial charge in [-0.1, -0.05) is 0 Å². The Morgan fingerprint density at radius 2 is 1.50 bits per heavy atom. The second kappa shape index (κ2) is 6.52. The molecule has 1 aromatic carbocycles. The third-order valence-corrected chi connectivity index (χ3v) is 2.89. The average Bonchev–Trinajstić information content (AvgIpc) is 2.42. The van der Waals surface area contributed by atoms with Crippen molar-refractivity contribution in [3.05, 3.63) is 34.9 Å². The predicted octanol–water partition coefficient (Wildman–Crippen LogP) is 1.93. The van der Waals surface area contributed by atoms with Gasteiger partial charge in [-0.15, -0.1) is 0 Å². The molecule has 0 aromatic heterocycles. The highest BCUT2D eigenvalue weighted by Gasteiger charge is 2.16. The summed E-state index contributed by atoms with van der Waals surface area (Å²) in [6, 6.07) is 4.89. The van der Waals surface area contributed by atoms with Crippen LogP contribution in [0.5, 0.6) is 0 Å². The first-order valence-electron chi connectivity index (χ1n) is 6.36. The highest BCUT2D eigenvalue weighted by molar-refractivity contribution is 5.95. The molecular weight excluding hydrogens is 258 g/mol. The van der Waals surface area contributed by atoms with Crippen molar-refractivity contribution in [2.45, 2.75) is 32.2 Å². The van der Waals surface area contributed by atoms with Gasteiger partial charge in [0.05, 0.1) is 25.3 Å². The lowest BCUT2D eigenvalue weighted by molar-refractivity contribution is 0.0599. The van der Waals surface area contributed by atoms with Crippen molar-refractivity contribution in [2.75, 3.05) is 14.2 Å². The van der Waals surface area contributed by atoms with E-state index in [1.807, 2.05) is 13.8 Å². The van der Waals surface area contributed by atoms with E-state index in [4.69, 9.17) is 5.73 Å². The molecule has 1 rings (SSSR count). The Kier molecular flexibility index (Phi) is 5.27. The Labute approximate surface area is 119 Å². The molecule has 5 nitrogen and oxygen atoms in total. The lowest BCUT2D eigenvalue weighted by atomic mass is 9.94. The Morgan fingerprint density at radius 3 is 1.85 bits per heavy atom. The zero-order valence-corrected chi connectivity index (χ0v) is 12.4. The number of carbonyl (C=O) groups is 2. The third-order valence-electron chi connectivity index (χ3n) is 2.89. The molecule has 2 N–H and O–H groups in total. The largest absolute Gasteiger partial charge is 0.465 e. The highest BCUT2D eigenvalue weighted by Crippen LogP contribution is 2.17. The van der Waals surface area contributed by atoms with Gasteiger partial charge in [0, 0.05) is 5.54 Å². The molecule has 0 unspecified atom stereocenters. The van der Waals surface area contributed by atoms with Gasteiger partial charge < -0.3 is 15.2 Å². The fraction of sp³-hybridized carbons (Fsp3) is 0.467. The van der Waals surface area contributed by atoms with Crippen LogP contribution in [0.25, 0.3) is 0 Å². The van der Waals surface area contributed by atoms with Crippen molar-refractivity contribution >= 4 is 11.9 Å². The van der Waals surface area contributed by atoms with Crippen molar-refractivity contribution < 1.29 is 19.1 Å². The van der Waals surface area contributed by atoms with E-state index < -0.39 is 11.9 Å². The summed E-state index contributed by atoms with van der Waals surface area (Å²) in [5.41, 5.74) is 7.16. The summed E-state index contributed by atoms with van der Waals surface area (Å²) in [6.07, 6.45) is 1.40. The molecule has 0 aliphatic rings. The number of ether oxygens (including phenoxy) is 2. The van der Waals surface area contributed by atoms with Gasteiger partial charge in [0.2, 0.25) is 0 Å². The maximum atomic E-state index is 11.6. The minimum atomic E-state index is -0.482. The van der Waals surface area contributed by atoms with Crippen LogP contribution in [0.3, 0.4) is 0 Å². The smallest absolute Gasteiger partial charge is 0.337 e. The van der Waals surface area contributed by atoms with Crippen molar-refractivity contribution in [3.8, 4) is 0 Å². The molecule has 1 aromatic rings. The molecule has 0 aliphatic heterocycles. The summed E-state index contributed by atoms with van der Waals surface area (Å²) in [7, 11) is 2.60. The first kappa shape index (κ1) is 16.2. The van der Waals surface area contributed by atoms with E-state index in [0.717, 1.165) is 12.0 Å². The molecule has 0 saturated heterocycles. The van der Waals surface area contributed by atoms with Crippen molar-refractivity contribution in [2.24, 2.45) is 5.73 Å². The van der Waals surface area contributed by atoms with Crippen molar-refractivity contribution in [1.29, 1.82) is 0 Å². The second-order valence-electron chi connectivity index (χ2n) is 5.39. The van der Waals surface area contributed by atoms with E-state index in [-0.39, 0.29) is 5.54 Å². The Bertz CT molecular complexity index is 469. The van der Waals surface area contributed by atoms with Gasteiger partial charge in [0.1, 0.15) is 0 Å². The Morgan fingerprint density at radius 1 is 1.05 bits per heavy atom. The monoisotopic (exact) mass is 279 g/mol. The van der Waals surface area contributed by atoms with Crippen LogP contribution in [0, 0.1) is 0 Å². The van der Waals surface area contributed by atoms with Crippen LogP contribution >= 0.6 is 0 Å². The van der Waals surface area contributed by atoms with Crippen LogP contribution in [-0.4, -0.2) is 31.7 Å². The van der Waals surface area contributed by atoms with E-state index in [9.17, 15) is 9.59 Å². The number of carbonyl (C=O) groups excluding carboxylic acids is 2. The molecule has 0 aliphatic carbocycles. The molecule has 0 fully saturated rings. The van der Waals surface area contributed by atoms with Crippen molar-refractivity contribution in [1.82, 2.24) is 0 Å². The van der Waals surface area contributed by atoms with E-state index >= 15 is 0 Å². The van der Waals surface area contributed by atoms with Gasteiger partial charge in [0.25, 0.3) is 0 Å². The zero-order chi connectivity index (χ0) is 15.3. The molecule has 20 heavy (non-hydrogen) atoms. The standard InChI is InChI=1S/C15H21NO4/c1-15(2,16)6-5-10-7-11(13(17)19-3)9-12(8-10)14(18)20-4/h7-9H,5-6,16H2,1-4H3. The van der Waals surface area contributed by atoms with Crippen LogP contribution in [0.1, 0.15) is 46.5 Å². The van der Waals surface area contributed by atoms with Gasteiger partial charge in [-0.05, 0) is 50.5 Å². The average molecular weight is 279 g/mol. The van der Waals surface area contributed by atoms with Gasteiger partial charge >= 0.3 is 11.9 Å². The Hall–Kier alpha value is -1.88. The minimum absolute atomic E-state index is 0.313. The molecule has 5 heteroatoms. The van der Waals surface area contributed by atoms with Gasteiger partial charge in [0.15, 0.2) is 0 Å². The van der Waals surface area contributed by atoms with Crippen LogP contribution in [0.2, 0.25) is 0 Å². The molecule has 110 valence electrons. The molecular formula is C15H21NO4. The first-order valence-corrected chi connectivity index (χ1v) is 6.36. The predicted molar refractivity (Wildman–Crippen MR) is 75.7 cm³/mol. The number of aryl methyl sites for hydroxylation is 1. The lowest BCUT2D eigenvalue weighted by Crippen LogP contribution is -2.32. The Balaban J connectivity index is 3.10. The number of rotatable bonds is 5. The molecule has 0 spiro atoms. The fourth-order valence-electron chi connectivity index (χ4n) is 1.77. The van der Waals surface area contributed by atoms with E-state index in [0.29, 0.717) is 17.5 Å². The second-order valence-corrected chi connectivity index (χ2v) is 5.39. The SMILES string of the molecule is COC(=O)c1cc(CCC(C)(C)N)cc(C(=O)OC)c1. The molecule has 0 saturated carbocycles. The van der Waals surface area contributed by atoms with Crippen LogP contribution < -0.4 is 5.73 Å². The zero-order valence-electron chi connectivity index (χ0n) is 12.4. The number of hydrogen-bond donors (Lipinski definition) is 1. The molecule has 0 heterocycles. The summed E-state index contributed by atoms with van der Waals surface area (Å²) < 4.78 is 9.38. The maximum Gasteiger partial charge on any atom is 0.337 e. The molecule has 0 radical (unpaired) electrons. The maximum absolute atomic E-state index is 11.6. The molecule has 0 amide bonds. The third kappa shape index (κ3) is 4.66. The topological polar surface area (TPSA) is 78.6 Å². The normalized spacial score (nSPS) is 11.1. The van der Waals surface area contributed by atoms with Crippen LogP contribution in [0.15, 0.2) is 18.2 Å². The number of benzene rings is 1. The van der Waals surface area contributed by atoms with E-state index in [2.05, 4.69) is 9.47 Å². The quantitative estimate of drug-likeness (QED) is 0.833. The van der Waals surface area contributed by atoms with Crippen LogP contribution in [-0.2, 0) is 15.9 Å². The van der Waals surface area contributed by atoms with Crippen molar-refractivity contribution in [3.63, 3.8) is 0 Å². The van der Waals surface area contributed by atoms with E-state index in [1.54, 1.807) is 12.1 Å². The molecule has 0 bridgehead atoms.